The normalized spacial score (nSPS) is 20.4. The number of methoxy groups -OCH3 is 1. The molecule has 2 aromatic rings. The van der Waals surface area contributed by atoms with Crippen LogP contribution in [-0.4, -0.2) is 24.1 Å². The van der Waals surface area contributed by atoms with Gasteiger partial charge in [-0.15, -0.1) is 0 Å². The largest absolute Gasteiger partial charge is 0.497 e. The van der Waals surface area contributed by atoms with Crippen molar-refractivity contribution in [2.75, 3.05) is 12.0 Å². The molecule has 0 spiro atoms. The lowest BCUT2D eigenvalue weighted by Gasteiger charge is -2.40. The standard InChI is InChI=1S/C20H21NO4/c1-13-3-5-14(6-4-13)19-17(20(23)24)11-12-18(22)21(19)15-7-9-16(25-2)10-8-15/h3-10,17,19H,11-12H2,1-2H3,(H,23,24)/t17-,19-/m0/s1. The van der Waals surface area contributed by atoms with Gasteiger partial charge in [0.1, 0.15) is 5.75 Å². The lowest BCUT2D eigenvalue weighted by Crippen LogP contribution is -2.45. The molecule has 1 saturated heterocycles. The van der Waals surface area contributed by atoms with Crippen molar-refractivity contribution >= 4 is 17.6 Å². The van der Waals surface area contributed by atoms with Gasteiger partial charge in [-0.2, -0.15) is 0 Å². The second-order valence-corrected chi connectivity index (χ2v) is 6.30. The van der Waals surface area contributed by atoms with Gasteiger partial charge in [-0.05, 0) is 43.2 Å². The van der Waals surface area contributed by atoms with E-state index < -0.39 is 17.9 Å². The lowest BCUT2D eigenvalue weighted by molar-refractivity contribution is -0.144. The van der Waals surface area contributed by atoms with Gasteiger partial charge in [-0.1, -0.05) is 29.8 Å². The third kappa shape index (κ3) is 3.36. The van der Waals surface area contributed by atoms with Crippen molar-refractivity contribution in [2.24, 2.45) is 5.92 Å². The Morgan fingerprint density at radius 1 is 1.12 bits per heavy atom. The second-order valence-electron chi connectivity index (χ2n) is 6.30. The van der Waals surface area contributed by atoms with Crippen LogP contribution < -0.4 is 9.64 Å². The summed E-state index contributed by atoms with van der Waals surface area (Å²) in [5.41, 5.74) is 2.61. The molecule has 2 aromatic carbocycles. The van der Waals surface area contributed by atoms with Crippen LogP contribution in [0, 0.1) is 12.8 Å². The van der Waals surface area contributed by atoms with Crippen LogP contribution in [0.25, 0.3) is 0 Å². The van der Waals surface area contributed by atoms with E-state index in [0.29, 0.717) is 17.9 Å². The van der Waals surface area contributed by atoms with Crippen molar-refractivity contribution < 1.29 is 19.4 Å². The average Bonchev–Trinajstić information content (AvgIpc) is 2.62. The van der Waals surface area contributed by atoms with Gasteiger partial charge in [-0.3, -0.25) is 9.59 Å². The highest BCUT2D eigenvalue weighted by atomic mass is 16.5. The summed E-state index contributed by atoms with van der Waals surface area (Å²) >= 11 is 0. The number of carboxylic acid groups (broad SMARTS) is 1. The SMILES string of the molecule is COc1ccc(N2C(=O)CC[C@H](C(=O)O)[C@@H]2c2ccc(C)cc2)cc1. The molecular formula is C20H21NO4. The van der Waals surface area contributed by atoms with E-state index in [9.17, 15) is 14.7 Å². The zero-order valence-electron chi connectivity index (χ0n) is 14.3. The third-order valence-electron chi connectivity index (χ3n) is 4.68. The molecule has 130 valence electrons. The monoisotopic (exact) mass is 339 g/mol. The number of nitrogens with zero attached hydrogens (tertiary/aromatic N) is 1. The van der Waals surface area contributed by atoms with Crippen LogP contribution in [0.1, 0.15) is 30.0 Å². The third-order valence-corrected chi connectivity index (χ3v) is 4.68. The number of piperidine rings is 1. The number of anilines is 1. The molecule has 0 saturated carbocycles. The number of carbonyl (C=O) groups excluding carboxylic acids is 1. The Bertz CT molecular complexity index is 767. The number of ether oxygens (including phenoxy) is 1. The molecule has 0 bridgehead atoms. The molecule has 0 radical (unpaired) electrons. The molecular weight excluding hydrogens is 318 g/mol. The van der Waals surface area contributed by atoms with Crippen molar-refractivity contribution in [3.63, 3.8) is 0 Å². The predicted molar refractivity (Wildman–Crippen MR) is 94.8 cm³/mol. The number of carbonyl (C=O) groups is 2. The fraction of sp³-hybridized carbons (Fsp3) is 0.300. The summed E-state index contributed by atoms with van der Waals surface area (Å²) in [5, 5.41) is 9.70. The van der Waals surface area contributed by atoms with Crippen molar-refractivity contribution in [2.45, 2.75) is 25.8 Å². The first-order chi connectivity index (χ1) is 12.0. The van der Waals surface area contributed by atoms with Crippen LogP contribution in [0.3, 0.4) is 0 Å². The van der Waals surface area contributed by atoms with Gasteiger partial charge in [-0.25, -0.2) is 0 Å². The zero-order valence-corrected chi connectivity index (χ0v) is 14.3. The summed E-state index contributed by atoms with van der Waals surface area (Å²) in [6.07, 6.45) is 0.574. The Kier molecular flexibility index (Phi) is 4.74. The quantitative estimate of drug-likeness (QED) is 0.925. The summed E-state index contributed by atoms with van der Waals surface area (Å²) in [5.74, 6) is -0.887. The van der Waals surface area contributed by atoms with Crippen LogP contribution in [0.4, 0.5) is 5.69 Å². The Morgan fingerprint density at radius 3 is 2.32 bits per heavy atom. The number of carboxylic acids is 1. The molecule has 0 unspecified atom stereocenters. The molecule has 0 aliphatic carbocycles. The van der Waals surface area contributed by atoms with E-state index in [4.69, 9.17) is 4.74 Å². The molecule has 3 rings (SSSR count). The summed E-state index contributed by atoms with van der Waals surface area (Å²) in [6.45, 7) is 1.98. The van der Waals surface area contributed by atoms with E-state index in [-0.39, 0.29) is 12.3 Å². The first-order valence-corrected chi connectivity index (χ1v) is 8.26. The number of amides is 1. The highest BCUT2D eigenvalue weighted by Gasteiger charge is 2.41. The number of hydrogen-bond acceptors (Lipinski definition) is 3. The smallest absolute Gasteiger partial charge is 0.308 e. The molecule has 1 heterocycles. The van der Waals surface area contributed by atoms with E-state index in [1.165, 1.54) is 0 Å². The van der Waals surface area contributed by atoms with Gasteiger partial charge in [0, 0.05) is 12.1 Å². The molecule has 5 heteroatoms. The van der Waals surface area contributed by atoms with E-state index in [1.807, 2.05) is 31.2 Å². The van der Waals surface area contributed by atoms with Crippen LogP contribution >= 0.6 is 0 Å². The molecule has 1 aliphatic heterocycles. The molecule has 1 amide bonds. The number of rotatable bonds is 4. The summed E-state index contributed by atoms with van der Waals surface area (Å²) in [6, 6.07) is 14.3. The molecule has 1 fully saturated rings. The zero-order chi connectivity index (χ0) is 18.0. The number of hydrogen-bond donors (Lipinski definition) is 1. The Labute approximate surface area is 146 Å². The maximum absolute atomic E-state index is 12.7. The molecule has 1 N–H and O–H groups in total. The maximum Gasteiger partial charge on any atom is 0.308 e. The Morgan fingerprint density at radius 2 is 1.76 bits per heavy atom. The summed E-state index contributed by atoms with van der Waals surface area (Å²) < 4.78 is 5.17. The van der Waals surface area contributed by atoms with E-state index in [2.05, 4.69) is 0 Å². The lowest BCUT2D eigenvalue weighted by atomic mass is 9.83. The summed E-state index contributed by atoms with van der Waals surface area (Å²) in [4.78, 5) is 26.1. The van der Waals surface area contributed by atoms with Crippen molar-refractivity contribution in [3.05, 3.63) is 59.7 Å². The fourth-order valence-electron chi connectivity index (χ4n) is 3.34. The van der Waals surface area contributed by atoms with Gasteiger partial charge in [0.2, 0.25) is 5.91 Å². The number of benzene rings is 2. The average molecular weight is 339 g/mol. The molecule has 5 nitrogen and oxygen atoms in total. The number of aliphatic carboxylic acids is 1. The highest BCUT2D eigenvalue weighted by molar-refractivity contribution is 5.96. The van der Waals surface area contributed by atoms with E-state index in [0.717, 1.165) is 11.1 Å². The first kappa shape index (κ1) is 17.0. The van der Waals surface area contributed by atoms with Gasteiger partial charge in [0.05, 0.1) is 19.1 Å². The maximum atomic E-state index is 12.7. The molecule has 0 aromatic heterocycles. The number of aryl methyl sites for hydroxylation is 1. The van der Waals surface area contributed by atoms with Crippen LogP contribution in [0.15, 0.2) is 48.5 Å². The minimum Gasteiger partial charge on any atom is -0.497 e. The van der Waals surface area contributed by atoms with Gasteiger partial charge >= 0.3 is 5.97 Å². The summed E-state index contributed by atoms with van der Waals surface area (Å²) in [7, 11) is 1.58. The fourth-order valence-corrected chi connectivity index (χ4v) is 3.34. The highest BCUT2D eigenvalue weighted by Crippen LogP contribution is 2.40. The van der Waals surface area contributed by atoms with Crippen molar-refractivity contribution in [1.82, 2.24) is 0 Å². The van der Waals surface area contributed by atoms with E-state index in [1.54, 1.807) is 36.3 Å². The first-order valence-electron chi connectivity index (χ1n) is 8.26. The second kappa shape index (κ2) is 6.97. The van der Waals surface area contributed by atoms with Gasteiger partial charge in [0.25, 0.3) is 0 Å². The Balaban J connectivity index is 2.07. The molecule has 2 atom stereocenters. The van der Waals surface area contributed by atoms with Gasteiger partial charge < -0.3 is 14.7 Å². The van der Waals surface area contributed by atoms with Crippen LogP contribution in [0.2, 0.25) is 0 Å². The van der Waals surface area contributed by atoms with Crippen molar-refractivity contribution in [1.29, 1.82) is 0 Å². The molecule has 25 heavy (non-hydrogen) atoms. The van der Waals surface area contributed by atoms with Gasteiger partial charge in [0.15, 0.2) is 0 Å². The minimum absolute atomic E-state index is 0.0618. The van der Waals surface area contributed by atoms with Crippen LogP contribution in [-0.2, 0) is 9.59 Å². The predicted octanol–water partition coefficient (Wildman–Crippen LogP) is 3.57. The van der Waals surface area contributed by atoms with Crippen LogP contribution in [0.5, 0.6) is 5.75 Å². The van der Waals surface area contributed by atoms with E-state index >= 15 is 0 Å². The topological polar surface area (TPSA) is 66.8 Å². The Hall–Kier alpha value is -2.82. The minimum atomic E-state index is -0.878. The molecule has 1 aliphatic rings. The van der Waals surface area contributed by atoms with Crippen molar-refractivity contribution in [3.8, 4) is 5.75 Å².